The lowest BCUT2D eigenvalue weighted by Crippen LogP contribution is -2.12. The lowest BCUT2D eigenvalue weighted by Gasteiger charge is -2.02. The van der Waals surface area contributed by atoms with Gasteiger partial charge in [-0.05, 0) is 13.3 Å². The smallest absolute Gasteiger partial charge is 0.235 e. The number of halogens is 1. The zero-order chi connectivity index (χ0) is 7.49. The zero-order valence-corrected chi connectivity index (χ0v) is 6.61. The minimum absolute atomic E-state index is 0.146. The van der Waals surface area contributed by atoms with Crippen molar-refractivity contribution < 1.29 is 13.5 Å². The zero-order valence-electron chi connectivity index (χ0n) is 5.04. The molecular weight excluding hydrogens is 164 g/mol. The highest BCUT2D eigenvalue weighted by atomic mass is 35.7. The van der Waals surface area contributed by atoms with Crippen molar-refractivity contribution in [3.05, 3.63) is 0 Å². The van der Waals surface area contributed by atoms with E-state index < -0.39 is 14.3 Å². The van der Waals surface area contributed by atoms with E-state index in [9.17, 15) is 8.42 Å². The van der Waals surface area contributed by atoms with Crippen molar-refractivity contribution in [1.29, 1.82) is 0 Å². The number of aliphatic hydroxyl groups is 1. The molecule has 5 heteroatoms. The highest BCUT2D eigenvalue weighted by Gasteiger charge is 2.15. The summed E-state index contributed by atoms with van der Waals surface area (Å²) < 4.78 is 20.8. The van der Waals surface area contributed by atoms with E-state index in [4.69, 9.17) is 15.8 Å². The highest BCUT2D eigenvalue weighted by Crippen LogP contribution is 2.08. The van der Waals surface area contributed by atoms with Crippen LogP contribution in [0.2, 0.25) is 0 Å². The Balaban J connectivity index is 3.90. The summed E-state index contributed by atoms with van der Waals surface area (Å²) in [4.78, 5) is 0. The summed E-state index contributed by atoms with van der Waals surface area (Å²) >= 11 is 0. The van der Waals surface area contributed by atoms with E-state index in [0.29, 0.717) is 0 Å². The fourth-order valence-corrected chi connectivity index (χ4v) is 0.977. The largest absolute Gasteiger partial charge is 0.396 e. The fraction of sp³-hybridized carbons (Fsp3) is 1.00. The van der Waals surface area contributed by atoms with Crippen LogP contribution in [-0.2, 0) is 9.05 Å². The Hall–Kier alpha value is 0.200. The second kappa shape index (κ2) is 3.39. The van der Waals surface area contributed by atoms with Gasteiger partial charge in [-0.25, -0.2) is 8.42 Å². The van der Waals surface area contributed by atoms with Crippen LogP contribution in [0.15, 0.2) is 0 Å². The molecule has 0 rings (SSSR count). The summed E-state index contributed by atoms with van der Waals surface area (Å²) in [6.07, 6.45) is 0.200. The van der Waals surface area contributed by atoms with E-state index in [0.717, 1.165) is 0 Å². The average Bonchev–Trinajstić information content (AvgIpc) is 1.64. The second-order valence-electron chi connectivity index (χ2n) is 1.80. The van der Waals surface area contributed by atoms with Gasteiger partial charge in [-0.3, -0.25) is 0 Å². The predicted molar refractivity (Wildman–Crippen MR) is 35.9 cm³/mol. The summed E-state index contributed by atoms with van der Waals surface area (Å²) in [5, 5.41) is 7.63. The van der Waals surface area contributed by atoms with Crippen LogP contribution in [0.3, 0.4) is 0 Å². The van der Waals surface area contributed by atoms with Crippen molar-refractivity contribution in [1.82, 2.24) is 0 Å². The Morgan fingerprint density at radius 2 is 2.11 bits per heavy atom. The molecule has 0 aliphatic carbocycles. The minimum atomic E-state index is -3.45. The molecule has 0 aromatic heterocycles. The lowest BCUT2D eigenvalue weighted by molar-refractivity contribution is 0.287. The third-order valence-corrected chi connectivity index (χ3v) is 3.13. The molecule has 0 radical (unpaired) electrons. The average molecular weight is 173 g/mol. The van der Waals surface area contributed by atoms with Crippen molar-refractivity contribution in [3.63, 3.8) is 0 Å². The van der Waals surface area contributed by atoms with Crippen molar-refractivity contribution in [2.45, 2.75) is 18.6 Å². The minimum Gasteiger partial charge on any atom is -0.396 e. The monoisotopic (exact) mass is 172 g/mol. The van der Waals surface area contributed by atoms with Crippen molar-refractivity contribution in [2.75, 3.05) is 6.61 Å². The molecule has 56 valence electrons. The molecule has 0 aliphatic heterocycles. The molecule has 9 heavy (non-hydrogen) atoms. The molecule has 0 bridgehead atoms. The normalized spacial score (nSPS) is 15.4. The maximum atomic E-state index is 10.4. The quantitative estimate of drug-likeness (QED) is 0.625. The second-order valence-corrected chi connectivity index (χ2v) is 4.84. The van der Waals surface area contributed by atoms with Gasteiger partial charge in [0.05, 0.1) is 5.25 Å². The Kier molecular flexibility index (Phi) is 3.46. The molecule has 0 spiro atoms. The van der Waals surface area contributed by atoms with E-state index >= 15 is 0 Å². The van der Waals surface area contributed by atoms with Crippen LogP contribution in [0.1, 0.15) is 13.3 Å². The van der Waals surface area contributed by atoms with Crippen LogP contribution in [0.5, 0.6) is 0 Å². The van der Waals surface area contributed by atoms with Gasteiger partial charge in [-0.15, -0.1) is 0 Å². The molecule has 1 unspecified atom stereocenters. The molecule has 0 aromatic carbocycles. The summed E-state index contributed by atoms with van der Waals surface area (Å²) in [5.41, 5.74) is 0. The van der Waals surface area contributed by atoms with Crippen LogP contribution in [0, 0.1) is 0 Å². The topological polar surface area (TPSA) is 54.4 Å². The number of rotatable bonds is 3. The van der Waals surface area contributed by atoms with Crippen LogP contribution in [0.4, 0.5) is 0 Å². The lowest BCUT2D eigenvalue weighted by atomic mass is 10.4. The van der Waals surface area contributed by atoms with Gasteiger partial charge >= 0.3 is 0 Å². The SMILES string of the molecule is CC(CCO)S(=O)(=O)Cl. The van der Waals surface area contributed by atoms with Gasteiger partial charge in [0.2, 0.25) is 9.05 Å². The van der Waals surface area contributed by atoms with Crippen molar-refractivity contribution >= 4 is 19.7 Å². The Bertz CT molecular complexity index is 163. The van der Waals surface area contributed by atoms with Gasteiger partial charge in [0, 0.05) is 17.3 Å². The fourth-order valence-electron chi connectivity index (χ4n) is 0.323. The third-order valence-electron chi connectivity index (χ3n) is 1.02. The molecular formula is C4H9ClO3S. The van der Waals surface area contributed by atoms with Gasteiger partial charge in [0.1, 0.15) is 0 Å². The van der Waals surface area contributed by atoms with Gasteiger partial charge in [-0.1, -0.05) is 0 Å². The highest BCUT2D eigenvalue weighted by molar-refractivity contribution is 8.14. The molecule has 1 atom stereocenters. The molecule has 0 saturated heterocycles. The van der Waals surface area contributed by atoms with Crippen LogP contribution in [0.25, 0.3) is 0 Å². The maximum absolute atomic E-state index is 10.4. The van der Waals surface area contributed by atoms with E-state index in [1.165, 1.54) is 6.92 Å². The number of hydrogen-bond donors (Lipinski definition) is 1. The summed E-state index contributed by atoms with van der Waals surface area (Å²) in [6.45, 7) is 1.31. The van der Waals surface area contributed by atoms with Crippen LogP contribution in [-0.4, -0.2) is 25.4 Å². The first-order valence-corrected chi connectivity index (χ1v) is 4.90. The Labute approximate surface area is 59.1 Å². The van der Waals surface area contributed by atoms with Crippen LogP contribution >= 0.6 is 10.7 Å². The molecule has 3 nitrogen and oxygen atoms in total. The molecule has 0 heterocycles. The molecule has 0 aliphatic rings. The maximum Gasteiger partial charge on any atom is 0.235 e. The molecule has 0 amide bonds. The van der Waals surface area contributed by atoms with E-state index in [-0.39, 0.29) is 13.0 Å². The van der Waals surface area contributed by atoms with Gasteiger partial charge < -0.3 is 5.11 Å². The molecule has 0 fully saturated rings. The van der Waals surface area contributed by atoms with Crippen molar-refractivity contribution in [2.24, 2.45) is 0 Å². The van der Waals surface area contributed by atoms with Crippen LogP contribution < -0.4 is 0 Å². The third kappa shape index (κ3) is 3.72. The summed E-state index contributed by atoms with van der Waals surface area (Å²) in [7, 11) is 1.47. The summed E-state index contributed by atoms with van der Waals surface area (Å²) in [5.74, 6) is 0. The first kappa shape index (κ1) is 9.20. The Morgan fingerprint density at radius 1 is 1.67 bits per heavy atom. The number of hydrogen-bond acceptors (Lipinski definition) is 3. The first-order chi connectivity index (χ1) is 3.98. The predicted octanol–water partition coefficient (Wildman–Crippen LogP) is 0.326. The van der Waals surface area contributed by atoms with Gasteiger partial charge in [-0.2, -0.15) is 0 Å². The first-order valence-electron chi connectivity index (χ1n) is 2.53. The number of aliphatic hydroxyl groups excluding tert-OH is 1. The molecule has 1 N–H and O–H groups in total. The molecule has 0 saturated carbocycles. The summed E-state index contributed by atoms with van der Waals surface area (Å²) in [6, 6.07) is 0. The van der Waals surface area contributed by atoms with E-state index in [2.05, 4.69) is 0 Å². The standard InChI is InChI=1S/C4H9ClO3S/c1-4(2-3-6)9(5,7)8/h4,6H,2-3H2,1H3. The van der Waals surface area contributed by atoms with Crippen molar-refractivity contribution in [3.8, 4) is 0 Å². The Morgan fingerprint density at radius 3 is 2.22 bits per heavy atom. The van der Waals surface area contributed by atoms with E-state index in [1.807, 2.05) is 0 Å². The van der Waals surface area contributed by atoms with Gasteiger partial charge in [0.25, 0.3) is 0 Å². The molecule has 0 aromatic rings. The van der Waals surface area contributed by atoms with E-state index in [1.54, 1.807) is 0 Å². The van der Waals surface area contributed by atoms with Gasteiger partial charge in [0.15, 0.2) is 0 Å².